The number of halogens is 3. The number of alkyl halides is 3. The highest BCUT2D eigenvalue weighted by Gasteiger charge is 2.39. The molecule has 0 spiro atoms. The van der Waals surface area contributed by atoms with Crippen molar-refractivity contribution >= 4 is 29.0 Å². The van der Waals surface area contributed by atoms with Gasteiger partial charge in [-0.3, -0.25) is 4.79 Å². The maximum atomic E-state index is 12.6. The van der Waals surface area contributed by atoms with Crippen molar-refractivity contribution in [2.75, 3.05) is 0 Å². The molecule has 0 radical (unpaired) electrons. The summed E-state index contributed by atoms with van der Waals surface area (Å²) in [6.45, 7) is 0. The number of carbonyl (C=O) groups is 1. The number of benzene rings is 1. The monoisotopic (exact) mass is 400 g/mol. The standard InChI is InChI=1S/C16H15F3N4OS2/c17-16(18,19)14-22-23-15(26-14)25-10-4-1-8(2-5-10)13(24)21-12-7-9-3-6-11(12)20-9/h1-2,4-5,9,11-12,20H,3,6-7H2,(H,21,24)/t9-,11+,12-/m1/s1. The first-order valence-electron chi connectivity index (χ1n) is 8.14. The molecule has 3 atom stereocenters. The number of fused-ring (bicyclic) bond motifs is 2. The average Bonchev–Trinajstić information content (AvgIpc) is 3.31. The molecule has 138 valence electrons. The van der Waals surface area contributed by atoms with Crippen LogP contribution in [0, 0.1) is 0 Å². The molecule has 3 heterocycles. The van der Waals surface area contributed by atoms with Gasteiger partial charge in [0.25, 0.3) is 5.91 Å². The van der Waals surface area contributed by atoms with Gasteiger partial charge in [0.2, 0.25) is 5.01 Å². The van der Waals surface area contributed by atoms with Gasteiger partial charge >= 0.3 is 6.18 Å². The van der Waals surface area contributed by atoms with E-state index in [0.29, 0.717) is 33.9 Å². The van der Waals surface area contributed by atoms with Crippen molar-refractivity contribution in [1.29, 1.82) is 0 Å². The third-order valence-electron chi connectivity index (χ3n) is 4.59. The molecule has 10 heteroatoms. The van der Waals surface area contributed by atoms with Crippen molar-refractivity contribution in [2.45, 2.75) is 52.8 Å². The lowest BCUT2D eigenvalue weighted by molar-refractivity contribution is -0.138. The number of rotatable bonds is 4. The first-order chi connectivity index (χ1) is 12.4. The van der Waals surface area contributed by atoms with Crippen LogP contribution in [0.3, 0.4) is 0 Å². The number of hydrogen-bond acceptors (Lipinski definition) is 6. The second kappa shape index (κ2) is 6.82. The van der Waals surface area contributed by atoms with Crippen LogP contribution >= 0.6 is 23.1 Å². The molecule has 2 aliphatic heterocycles. The molecular weight excluding hydrogens is 385 g/mol. The molecule has 2 fully saturated rings. The fourth-order valence-corrected chi connectivity index (χ4v) is 5.07. The number of amides is 1. The summed E-state index contributed by atoms with van der Waals surface area (Å²) >= 11 is 1.59. The number of nitrogens with zero attached hydrogens (tertiary/aromatic N) is 2. The first-order valence-corrected chi connectivity index (χ1v) is 9.77. The minimum atomic E-state index is -4.48. The second-order valence-electron chi connectivity index (χ2n) is 6.36. The molecule has 2 N–H and O–H groups in total. The van der Waals surface area contributed by atoms with E-state index in [1.165, 1.54) is 6.42 Å². The number of hydrogen-bond donors (Lipinski definition) is 2. The van der Waals surface area contributed by atoms with Crippen molar-refractivity contribution in [2.24, 2.45) is 0 Å². The van der Waals surface area contributed by atoms with Gasteiger partial charge in [0.05, 0.1) is 0 Å². The molecule has 0 saturated carbocycles. The Balaban J connectivity index is 1.37. The van der Waals surface area contributed by atoms with E-state index in [1.807, 2.05) is 0 Å². The molecule has 0 aliphatic carbocycles. The lowest BCUT2D eigenvalue weighted by Crippen LogP contribution is -2.42. The summed E-state index contributed by atoms with van der Waals surface area (Å²) in [5.41, 5.74) is 0.533. The molecule has 1 amide bonds. The molecule has 1 aromatic carbocycles. The van der Waals surface area contributed by atoms with Crippen LogP contribution in [0.2, 0.25) is 0 Å². The van der Waals surface area contributed by atoms with E-state index in [2.05, 4.69) is 20.8 Å². The van der Waals surface area contributed by atoms with E-state index in [9.17, 15) is 18.0 Å². The third kappa shape index (κ3) is 3.72. The molecule has 4 rings (SSSR count). The smallest absolute Gasteiger partial charge is 0.348 e. The Morgan fingerprint density at radius 1 is 1.23 bits per heavy atom. The number of carbonyl (C=O) groups excluding carboxylic acids is 1. The van der Waals surface area contributed by atoms with Gasteiger partial charge in [-0.05, 0) is 43.5 Å². The van der Waals surface area contributed by atoms with E-state index >= 15 is 0 Å². The molecule has 0 unspecified atom stereocenters. The molecule has 5 nitrogen and oxygen atoms in total. The van der Waals surface area contributed by atoms with Crippen LogP contribution in [0.4, 0.5) is 13.2 Å². The number of aromatic nitrogens is 2. The zero-order chi connectivity index (χ0) is 18.3. The maximum Gasteiger partial charge on any atom is 0.445 e. The van der Waals surface area contributed by atoms with E-state index in [1.54, 1.807) is 24.3 Å². The molecule has 1 aromatic heterocycles. The Labute approximate surface area is 155 Å². The molecule has 2 saturated heterocycles. The fourth-order valence-electron chi connectivity index (χ4n) is 3.38. The van der Waals surface area contributed by atoms with E-state index in [0.717, 1.165) is 24.6 Å². The van der Waals surface area contributed by atoms with Crippen LogP contribution in [0.15, 0.2) is 33.5 Å². The average molecular weight is 400 g/mol. The summed E-state index contributed by atoms with van der Waals surface area (Å²) in [7, 11) is 0. The lowest BCUT2D eigenvalue weighted by atomic mass is 9.95. The summed E-state index contributed by atoms with van der Waals surface area (Å²) in [4.78, 5) is 13.1. The number of nitrogens with one attached hydrogen (secondary N) is 2. The highest BCUT2D eigenvalue weighted by Crippen LogP contribution is 2.37. The topological polar surface area (TPSA) is 66.9 Å². The summed E-state index contributed by atoms with van der Waals surface area (Å²) in [6.07, 6.45) is -1.26. The molecular formula is C16H15F3N4OS2. The van der Waals surface area contributed by atoms with Crippen LogP contribution in [-0.4, -0.2) is 34.2 Å². The predicted octanol–water partition coefficient (Wildman–Crippen LogP) is 3.33. The van der Waals surface area contributed by atoms with E-state index in [-0.39, 0.29) is 16.3 Å². The zero-order valence-corrected chi connectivity index (χ0v) is 15.0. The normalized spacial score (nSPS) is 24.8. The van der Waals surface area contributed by atoms with Gasteiger partial charge in [-0.25, -0.2) is 0 Å². The van der Waals surface area contributed by atoms with Crippen LogP contribution in [0.1, 0.15) is 34.6 Å². The van der Waals surface area contributed by atoms with Crippen molar-refractivity contribution in [3.8, 4) is 0 Å². The minimum Gasteiger partial charge on any atom is -0.348 e. The summed E-state index contributed by atoms with van der Waals surface area (Å²) < 4.78 is 37.9. The summed E-state index contributed by atoms with van der Waals surface area (Å²) in [6, 6.07) is 7.78. The SMILES string of the molecule is O=C(N[C@@H]1C[C@H]2CC[C@@H]1N2)c1ccc(Sc2nnc(C(F)(F)F)s2)cc1. The first kappa shape index (κ1) is 17.7. The van der Waals surface area contributed by atoms with Gasteiger partial charge in [-0.1, -0.05) is 23.1 Å². The van der Waals surface area contributed by atoms with Crippen LogP contribution < -0.4 is 10.6 Å². The van der Waals surface area contributed by atoms with E-state index in [4.69, 9.17) is 0 Å². The maximum absolute atomic E-state index is 12.6. The Morgan fingerprint density at radius 2 is 2.00 bits per heavy atom. The molecule has 2 aliphatic rings. The highest BCUT2D eigenvalue weighted by molar-refractivity contribution is 8.01. The van der Waals surface area contributed by atoms with E-state index < -0.39 is 11.2 Å². The quantitative estimate of drug-likeness (QED) is 0.824. The van der Waals surface area contributed by atoms with Gasteiger partial charge in [-0.15, -0.1) is 10.2 Å². The van der Waals surface area contributed by atoms with Crippen LogP contribution in [-0.2, 0) is 6.18 Å². The van der Waals surface area contributed by atoms with Gasteiger partial charge < -0.3 is 10.6 Å². The molecule has 26 heavy (non-hydrogen) atoms. The molecule has 2 aromatic rings. The minimum absolute atomic E-state index is 0.129. The van der Waals surface area contributed by atoms with Crippen molar-refractivity contribution < 1.29 is 18.0 Å². The summed E-state index contributed by atoms with van der Waals surface area (Å²) in [5, 5.41) is 12.3. The summed E-state index contributed by atoms with van der Waals surface area (Å²) in [5.74, 6) is -0.129. The van der Waals surface area contributed by atoms with Crippen LogP contribution in [0.5, 0.6) is 0 Å². The van der Waals surface area contributed by atoms with Gasteiger partial charge in [0.1, 0.15) is 0 Å². The zero-order valence-electron chi connectivity index (χ0n) is 13.4. The third-order valence-corrected chi connectivity index (χ3v) is 6.61. The van der Waals surface area contributed by atoms with Crippen LogP contribution in [0.25, 0.3) is 0 Å². The Hall–Kier alpha value is -1.65. The predicted molar refractivity (Wildman–Crippen MR) is 91.3 cm³/mol. The second-order valence-corrected chi connectivity index (χ2v) is 8.66. The largest absolute Gasteiger partial charge is 0.445 e. The van der Waals surface area contributed by atoms with Gasteiger partial charge in [0, 0.05) is 28.6 Å². The van der Waals surface area contributed by atoms with Crippen molar-refractivity contribution in [1.82, 2.24) is 20.8 Å². The Bertz CT molecular complexity index is 809. The molecule has 2 bridgehead atoms. The van der Waals surface area contributed by atoms with Crippen molar-refractivity contribution in [3.63, 3.8) is 0 Å². The lowest BCUT2D eigenvalue weighted by Gasteiger charge is -2.21. The van der Waals surface area contributed by atoms with Gasteiger partial charge in [0.15, 0.2) is 4.34 Å². The van der Waals surface area contributed by atoms with Gasteiger partial charge in [-0.2, -0.15) is 13.2 Å². The highest BCUT2D eigenvalue weighted by atomic mass is 32.2. The van der Waals surface area contributed by atoms with Crippen molar-refractivity contribution in [3.05, 3.63) is 34.8 Å². The Kier molecular flexibility index (Phi) is 4.66. The Morgan fingerprint density at radius 3 is 2.58 bits per heavy atom. The fraction of sp³-hybridized carbons (Fsp3) is 0.438.